The minimum absolute atomic E-state index is 0. The summed E-state index contributed by atoms with van der Waals surface area (Å²) in [6.45, 7) is 26.4. The molecule has 0 N–H and O–H groups in total. The maximum atomic E-state index is 2.26. The lowest BCUT2D eigenvalue weighted by atomic mass is 10.0. The monoisotopic (exact) mass is 384 g/mol. The van der Waals surface area contributed by atoms with Crippen molar-refractivity contribution in [3.8, 4) is 0 Å². The lowest BCUT2D eigenvalue weighted by Gasteiger charge is -2.06. The van der Waals surface area contributed by atoms with E-state index in [1.165, 1.54) is 36.8 Å². The Kier molecular flexibility index (Phi) is 41.5. The first kappa shape index (κ1) is 40.8. The van der Waals surface area contributed by atoms with Crippen LogP contribution in [0.1, 0.15) is 131 Å². The Hall–Kier alpha value is -0.780. The van der Waals surface area contributed by atoms with E-state index in [1.807, 2.05) is 0 Å². The predicted octanol–water partition coefficient (Wildman–Crippen LogP) is 11.0. The van der Waals surface area contributed by atoms with Gasteiger partial charge < -0.3 is 0 Å². The van der Waals surface area contributed by atoms with Gasteiger partial charge in [-0.05, 0) is 79.1 Å². The summed E-state index contributed by atoms with van der Waals surface area (Å²) in [5.41, 5.74) is 6.11. The van der Waals surface area contributed by atoms with E-state index in [0.717, 1.165) is 11.8 Å². The molecular formula is C27H60. The highest BCUT2D eigenvalue weighted by atomic mass is 14.0. The molecule has 0 saturated heterocycles. The number of hydrogen-bond donors (Lipinski definition) is 0. The van der Waals surface area contributed by atoms with Crippen LogP contribution in [0.2, 0.25) is 0 Å². The van der Waals surface area contributed by atoms with Crippen LogP contribution in [0.3, 0.4) is 0 Å². The van der Waals surface area contributed by atoms with Crippen molar-refractivity contribution >= 4 is 0 Å². The van der Waals surface area contributed by atoms with E-state index < -0.39 is 0 Å². The minimum atomic E-state index is 0. The third kappa shape index (κ3) is 25.2. The van der Waals surface area contributed by atoms with Crippen LogP contribution in [-0.2, 0) is 0 Å². The molecule has 0 rings (SSSR count). The van der Waals surface area contributed by atoms with Crippen LogP contribution >= 0.6 is 0 Å². The van der Waals surface area contributed by atoms with Gasteiger partial charge in [-0.25, -0.2) is 0 Å². The van der Waals surface area contributed by atoms with Gasteiger partial charge in [-0.3, -0.25) is 0 Å². The zero-order chi connectivity index (χ0) is 19.7. The second kappa shape index (κ2) is 27.4. The Morgan fingerprint density at radius 1 is 0.593 bits per heavy atom. The summed E-state index contributed by atoms with van der Waals surface area (Å²) in [6, 6.07) is 0. The topological polar surface area (TPSA) is 0 Å². The Morgan fingerprint density at radius 2 is 0.815 bits per heavy atom. The lowest BCUT2D eigenvalue weighted by molar-refractivity contribution is 0.654. The fraction of sp³-hybridized carbons (Fsp3) is 0.778. The van der Waals surface area contributed by atoms with Crippen LogP contribution in [-0.4, -0.2) is 0 Å². The van der Waals surface area contributed by atoms with Crippen molar-refractivity contribution < 1.29 is 0 Å². The first-order valence-corrected chi connectivity index (χ1v) is 10.1. The molecule has 0 aliphatic rings. The smallest absolute Gasteiger partial charge is 0.0237 e. The van der Waals surface area contributed by atoms with Crippen molar-refractivity contribution in [1.82, 2.24) is 0 Å². The van der Waals surface area contributed by atoms with Gasteiger partial charge in [0, 0.05) is 0 Å². The molecule has 2 unspecified atom stereocenters. The van der Waals surface area contributed by atoms with Gasteiger partial charge >= 0.3 is 0 Å². The molecule has 0 heteroatoms. The van der Waals surface area contributed by atoms with Gasteiger partial charge in [0.2, 0.25) is 0 Å². The van der Waals surface area contributed by atoms with Gasteiger partial charge in [0.25, 0.3) is 0 Å². The lowest BCUT2D eigenvalue weighted by Crippen LogP contribution is -1.91. The second-order valence-corrected chi connectivity index (χ2v) is 6.95. The molecule has 2 atom stereocenters. The van der Waals surface area contributed by atoms with Crippen molar-refractivity contribution in [3.63, 3.8) is 0 Å². The summed E-state index contributed by atoms with van der Waals surface area (Å²) in [6.07, 6.45) is 9.31. The molecule has 168 valence electrons. The van der Waals surface area contributed by atoms with E-state index in [-0.39, 0.29) is 22.3 Å². The van der Waals surface area contributed by atoms with Crippen molar-refractivity contribution in [1.29, 1.82) is 0 Å². The molecule has 0 nitrogen and oxygen atoms in total. The standard InChI is InChI=1S/3C8H16.3CH4/c3*1-5-7(3)8(4)6-2;;;/h5-6H2,1-4H3;2*5,8H,6H2,1-4H3;3*1H4/b8-7-;7-5-;;;;. The van der Waals surface area contributed by atoms with Crippen molar-refractivity contribution in [2.24, 2.45) is 11.8 Å². The van der Waals surface area contributed by atoms with E-state index in [1.54, 1.807) is 11.1 Å². The average molecular weight is 385 g/mol. The highest BCUT2D eigenvalue weighted by molar-refractivity contribution is 5.07. The van der Waals surface area contributed by atoms with Crippen molar-refractivity contribution in [2.45, 2.75) is 131 Å². The van der Waals surface area contributed by atoms with Crippen LogP contribution in [0.5, 0.6) is 0 Å². The summed E-state index contributed by atoms with van der Waals surface area (Å²) in [4.78, 5) is 0. The molecule has 0 bridgehead atoms. The molecular weight excluding hydrogens is 324 g/mol. The molecule has 0 aromatic rings. The largest absolute Gasteiger partial charge is 0.0885 e. The van der Waals surface area contributed by atoms with E-state index in [2.05, 4.69) is 95.2 Å². The number of allylic oxidation sites excluding steroid dienone is 6. The maximum absolute atomic E-state index is 2.26. The Bertz CT molecular complexity index is 329. The van der Waals surface area contributed by atoms with Crippen LogP contribution in [0.4, 0.5) is 0 Å². The molecule has 0 fully saturated rings. The molecule has 0 amide bonds. The molecule has 0 saturated carbocycles. The third-order valence-electron chi connectivity index (χ3n) is 5.48. The highest BCUT2D eigenvalue weighted by Crippen LogP contribution is 2.12. The van der Waals surface area contributed by atoms with Crippen molar-refractivity contribution in [2.75, 3.05) is 0 Å². The Morgan fingerprint density at radius 3 is 0.889 bits per heavy atom. The summed E-state index contributed by atoms with van der Waals surface area (Å²) >= 11 is 0. The molecule has 0 radical (unpaired) electrons. The SMILES string of the molecule is C.C.C.C/C=C(/C)C(C)CC.CC/C(C)=C(/C)CC.CC=C(C)C(C)CC. The molecule has 0 aliphatic carbocycles. The van der Waals surface area contributed by atoms with Gasteiger partial charge in [-0.2, -0.15) is 0 Å². The average Bonchev–Trinajstić information content (AvgIpc) is 2.64. The zero-order valence-electron chi connectivity index (χ0n) is 19.1. The van der Waals surface area contributed by atoms with Crippen LogP contribution < -0.4 is 0 Å². The van der Waals surface area contributed by atoms with Gasteiger partial charge in [0.1, 0.15) is 0 Å². The molecule has 0 aromatic heterocycles. The molecule has 0 spiro atoms. The number of rotatable bonds is 6. The minimum Gasteiger partial charge on any atom is -0.0885 e. The summed E-state index contributed by atoms with van der Waals surface area (Å²) < 4.78 is 0. The zero-order valence-corrected chi connectivity index (χ0v) is 19.1. The fourth-order valence-corrected chi connectivity index (χ4v) is 1.82. The van der Waals surface area contributed by atoms with E-state index in [9.17, 15) is 0 Å². The predicted molar refractivity (Wildman–Crippen MR) is 137 cm³/mol. The van der Waals surface area contributed by atoms with E-state index >= 15 is 0 Å². The van der Waals surface area contributed by atoms with Crippen molar-refractivity contribution in [3.05, 3.63) is 34.4 Å². The quantitative estimate of drug-likeness (QED) is 0.399. The Balaban J connectivity index is -0.0000000580. The maximum Gasteiger partial charge on any atom is -0.0237 e. The van der Waals surface area contributed by atoms with Gasteiger partial charge in [-0.15, -0.1) is 0 Å². The molecule has 0 aliphatic heterocycles. The first-order chi connectivity index (χ1) is 11.2. The van der Waals surface area contributed by atoms with Crippen LogP contribution in [0.25, 0.3) is 0 Å². The summed E-state index contributed by atoms with van der Waals surface area (Å²) in [5.74, 6) is 1.56. The molecule has 27 heavy (non-hydrogen) atoms. The number of hydrogen-bond acceptors (Lipinski definition) is 0. The summed E-state index contributed by atoms with van der Waals surface area (Å²) in [5, 5.41) is 0. The van der Waals surface area contributed by atoms with Gasteiger partial charge in [-0.1, -0.05) is 98.3 Å². The summed E-state index contributed by atoms with van der Waals surface area (Å²) in [7, 11) is 0. The van der Waals surface area contributed by atoms with Crippen LogP contribution in [0.15, 0.2) is 34.4 Å². The van der Waals surface area contributed by atoms with E-state index in [0.29, 0.717) is 0 Å². The molecule has 0 aromatic carbocycles. The van der Waals surface area contributed by atoms with E-state index in [4.69, 9.17) is 0 Å². The first-order valence-electron chi connectivity index (χ1n) is 10.1. The highest BCUT2D eigenvalue weighted by Gasteiger charge is 1.97. The normalized spacial score (nSPS) is 13.6. The fourth-order valence-electron chi connectivity index (χ4n) is 1.82. The second-order valence-electron chi connectivity index (χ2n) is 6.95. The van der Waals surface area contributed by atoms with Gasteiger partial charge in [0.05, 0.1) is 0 Å². The third-order valence-corrected chi connectivity index (χ3v) is 5.48. The molecule has 0 heterocycles. The van der Waals surface area contributed by atoms with Gasteiger partial charge in [0.15, 0.2) is 0 Å². The van der Waals surface area contributed by atoms with Crippen LogP contribution in [0, 0.1) is 11.8 Å². The Labute approximate surface area is 177 Å².